The highest BCUT2D eigenvalue weighted by atomic mass is 19.1. The topological polar surface area (TPSA) is 61.2 Å². The summed E-state index contributed by atoms with van der Waals surface area (Å²) in [4.78, 5) is 28.7. The Labute approximate surface area is 137 Å². The number of esters is 1. The van der Waals surface area contributed by atoms with E-state index >= 15 is 0 Å². The van der Waals surface area contributed by atoms with Gasteiger partial charge < -0.3 is 4.74 Å². The van der Waals surface area contributed by atoms with Crippen LogP contribution in [-0.4, -0.2) is 22.1 Å². The van der Waals surface area contributed by atoms with Crippen LogP contribution in [0.1, 0.15) is 16.2 Å². The van der Waals surface area contributed by atoms with Gasteiger partial charge in [0.15, 0.2) is 0 Å². The lowest BCUT2D eigenvalue weighted by atomic mass is 10.2. The van der Waals surface area contributed by atoms with Crippen LogP contribution in [-0.2, 0) is 11.3 Å². The molecule has 5 nitrogen and oxygen atoms in total. The van der Waals surface area contributed by atoms with Crippen LogP contribution in [0, 0.1) is 12.7 Å². The molecule has 3 aromatic rings. The quantitative estimate of drug-likeness (QED) is 0.692. The fraction of sp³-hybridized carbons (Fsp3) is 0.167. The summed E-state index contributed by atoms with van der Waals surface area (Å²) in [5, 5.41) is 0.521. The Morgan fingerprint density at radius 3 is 2.62 bits per heavy atom. The maximum absolute atomic E-state index is 12.8. The van der Waals surface area contributed by atoms with E-state index in [4.69, 9.17) is 4.74 Å². The summed E-state index contributed by atoms with van der Waals surface area (Å²) >= 11 is 0. The summed E-state index contributed by atoms with van der Waals surface area (Å²) in [6.07, 6.45) is 0. The van der Waals surface area contributed by atoms with E-state index in [9.17, 15) is 14.0 Å². The number of hydrogen-bond donors (Lipinski definition) is 0. The fourth-order valence-electron chi connectivity index (χ4n) is 2.44. The average molecular weight is 326 g/mol. The van der Waals surface area contributed by atoms with Gasteiger partial charge in [-0.15, -0.1) is 0 Å². The standard InChI is InChI=1S/C18H15FN2O3/c1-12-20-16-5-3-2-4-15(16)17(22)21(12)10-11-24-18(23)13-6-8-14(19)9-7-13/h2-9H,10-11H2,1H3. The molecule has 0 unspecified atom stereocenters. The van der Waals surface area contributed by atoms with Gasteiger partial charge in [0.1, 0.15) is 18.2 Å². The van der Waals surface area contributed by atoms with E-state index in [-0.39, 0.29) is 24.3 Å². The molecule has 122 valence electrons. The maximum atomic E-state index is 12.8. The highest BCUT2D eigenvalue weighted by Gasteiger charge is 2.10. The summed E-state index contributed by atoms with van der Waals surface area (Å²) in [6, 6.07) is 12.2. The molecule has 0 bridgehead atoms. The van der Waals surface area contributed by atoms with Crippen molar-refractivity contribution in [3.8, 4) is 0 Å². The zero-order chi connectivity index (χ0) is 17.1. The van der Waals surface area contributed by atoms with Crippen molar-refractivity contribution >= 4 is 16.9 Å². The molecule has 0 aliphatic rings. The summed E-state index contributed by atoms with van der Waals surface area (Å²) in [5.74, 6) is -0.429. The minimum atomic E-state index is -0.561. The number of rotatable bonds is 4. The molecule has 0 aliphatic carbocycles. The van der Waals surface area contributed by atoms with Crippen LogP contribution >= 0.6 is 0 Å². The van der Waals surface area contributed by atoms with E-state index < -0.39 is 11.8 Å². The van der Waals surface area contributed by atoms with Crippen molar-refractivity contribution in [2.45, 2.75) is 13.5 Å². The second-order valence-electron chi connectivity index (χ2n) is 5.28. The molecular weight excluding hydrogens is 311 g/mol. The third-order valence-corrected chi connectivity index (χ3v) is 3.68. The van der Waals surface area contributed by atoms with Crippen molar-refractivity contribution < 1.29 is 13.9 Å². The Bertz CT molecular complexity index is 949. The molecule has 0 fully saturated rings. The molecule has 1 aromatic heterocycles. The number of carbonyl (C=O) groups excluding carboxylic acids is 1. The Hall–Kier alpha value is -3.02. The normalized spacial score (nSPS) is 10.8. The molecule has 24 heavy (non-hydrogen) atoms. The molecule has 1 heterocycles. The molecule has 0 atom stereocenters. The van der Waals surface area contributed by atoms with Crippen LogP contribution < -0.4 is 5.56 Å². The van der Waals surface area contributed by atoms with Crippen LogP contribution in [0.2, 0.25) is 0 Å². The highest BCUT2D eigenvalue weighted by Crippen LogP contribution is 2.08. The van der Waals surface area contributed by atoms with Crippen molar-refractivity contribution in [3.05, 3.63) is 76.1 Å². The van der Waals surface area contributed by atoms with Crippen LogP contribution in [0.25, 0.3) is 10.9 Å². The van der Waals surface area contributed by atoms with Gasteiger partial charge in [-0.2, -0.15) is 0 Å². The van der Waals surface area contributed by atoms with Crippen LogP contribution in [0.4, 0.5) is 4.39 Å². The third kappa shape index (κ3) is 3.17. The number of aryl methyl sites for hydroxylation is 1. The lowest BCUT2D eigenvalue weighted by Gasteiger charge is -2.11. The molecule has 0 saturated heterocycles. The monoisotopic (exact) mass is 326 g/mol. The van der Waals surface area contributed by atoms with Gasteiger partial charge >= 0.3 is 5.97 Å². The number of para-hydroxylation sites is 1. The second kappa shape index (κ2) is 6.62. The van der Waals surface area contributed by atoms with E-state index in [1.807, 2.05) is 6.07 Å². The summed E-state index contributed by atoms with van der Waals surface area (Å²) in [5.41, 5.74) is 0.729. The van der Waals surface area contributed by atoms with Gasteiger partial charge in [0.2, 0.25) is 0 Å². The van der Waals surface area contributed by atoms with Crippen LogP contribution in [0.5, 0.6) is 0 Å². The minimum Gasteiger partial charge on any atom is -0.460 e. The number of fused-ring (bicyclic) bond motifs is 1. The van der Waals surface area contributed by atoms with Crippen LogP contribution in [0.15, 0.2) is 53.3 Å². The predicted octanol–water partition coefficient (Wildman–Crippen LogP) is 2.70. The molecule has 3 rings (SSSR count). The summed E-state index contributed by atoms with van der Waals surface area (Å²) in [6.45, 7) is 1.96. The Balaban J connectivity index is 1.73. The third-order valence-electron chi connectivity index (χ3n) is 3.68. The predicted molar refractivity (Wildman–Crippen MR) is 87.4 cm³/mol. The molecule has 0 amide bonds. The lowest BCUT2D eigenvalue weighted by Crippen LogP contribution is -2.26. The number of halogens is 1. The largest absolute Gasteiger partial charge is 0.460 e. The molecule has 2 aromatic carbocycles. The smallest absolute Gasteiger partial charge is 0.338 e. The minimum absolute atomic E-state index is 0.0248. The van der Waals surface area contributed by atoms with Crippen LogP contribution in [0.3, 0.4) is 0 Å². The van der Waals surface area contributed by atoms with E-state index in [0.717, 1.165) is 0 Å². The number of hydrogen-bond acceptors (Lipinski definition) is 4. The molecule has 0 aliphatic heterocycles. The number of aromatic nitrogens is 2. The molecule has 0 N–H and O–H groups in total. The van der Waals surface area contributed by atoms with Gasteiger partial charge in [-0.25, -0.2) is 14.2 Å². The molecular formula is C18H15FN2O3. The number of benzene rings is 2. The van der Waals surface area contributed by atoms with Crippen molar-refractivity contribution in [1.29, 1.82) is 0 Å². The van der Waals surface area contributed by atoms with Crippen molar-refractivity contribution in [2.75, 3.05) is 6.61 Å². The first-order valence-electron chi connectivity index (χ1n) is 7.45. The van der Waals surface area contributed by atoms with Crippen molar-refractivity contribution in [3.63, 3.8) is 0 Å². The Morgan fingerprint density at radius 1 is 1.17 bits per heavy atom. The van der Waals surface area contributed by atoms with Gasteiger partial charge in [0.25, 0.3) is 5.56 Å². The molecule has 0 saturated carbocycles. The summed E-state index contributed by atoms with van der Waals surface area (Å²) in [7, 11) is 0. The maximum Gasteiger partial charge on any atom is 0.338 e. The Kier molecular flexibility index (Phi) is 4.37. The van der Waals surface area contributed by atoms with Gasteiger partial charge in [-0.1, -0.05) is 12.1 Å². The summed E-state index contributed by atoms with van der Waals surface area (Å²) < 4.78 is 19.5. The van der Waals surface area contributed by atoms with E-state index in [0.29, 0.717) is 16.7 Å². The molecule has 0 spiro atoms. The van der Waals surface area contributed by atoms with Gasteiger partial charge in [0.05, 0.1) is 23.0 Å². The second-order valence-corrected chi connectivity index (χ2v) is 5.28. The van der Waals surface area contributed by atoms with Gasteiger partial charge in [-0.3, -0.25) is 9.36 Å². The van der Waals surface area contributed by atoms with Crippen molar-refractivity contribution in [1.82, 2.24) is 9.55 Å². The van der Waals surface area contributed by atoms with E-state index in [1.165, 1.54) is 28.8 Å². The average Bonchev–Trinajstić information content (AvgIpc) is 2.58. The van der Waals surface area contributed by atoms with Gasteiger partial charge in [0, 0.05) is 0 Å². The number of carbonyl (C=O) groups is 1. The van der Waals surface area contributed by atoms with Gasteiger partial charge in [-0.05, 0) is 43.3 Å². The van der Waals surface area contributed by atoms with Crippen molar-refractivity contribution in [2.24, 2.45) is 0 Å². The van der Waals surface area contributed by atoms with E-state index in [2.05, 4.69) is 4.98 Å². The van der Waals surface area contributed by atoms with E-state index in [1.54, 1.807) is 25.1 Å². The molecule has 6 heteroatoms. The first kappa shape index (κ1) is 15.9. The number of ether oxygens (including phenoxy) is 1. The Morgan fingerprint density at radius 2 is 1.88 bits per heavy atom. The number of nitrogens with zero attached hydrogens (tertiary/aromatic N) is 2. The fourth-order valence-corrected chi connectivity index (χ4v) is 2.44. The first-order valence-corrected chi connectivity index (χ1v) is 7.45. The lowest BCUT2D eigenvalue weighted by molar-refractivity contribution is 0.0489. The first-order chi connectivity index (χ1) is 11.6. The highest BCUT2D eigenvalue weighted by molar-refractivity contribution is 5.89. The zero-order valence-electron chi connectivity index (χ0n) is 13.0. The molecule has 0 radical (unpaired) electrons. The zero-order valence-corrected chi connectivity index (χ0v) is 13.0. The SMILES string of the molecule is Cc1nc2ccccc2c(=O)n1CCOC(=O)c1ccc(F)cc1.